The van der Waals surface area contributed by atoms with Crippen LogP contribution < -0.4 is 5.32 Å². The Morgan fingerprint density at radius 2 is 1.68 bits per heavy atom. The van der Waals surface area contributed by atoms with E-state index in [-0.39, 0.29) is 10.7 Å². The summed E-state index contributed by atoms with van der Waals surface area (Å²) in [4.78, 5) is 23.5. The summed E-state index contributed by atoms with van der Waals surface area (Å²) in [5.74, 6) is -0.415. The van der Waals surface area contributed by atoms with Crippen LogP contribution in [-0.4, -0.2) is 10.8 Å². The number of nitrogens with one attached hydrogen (secondary N) is 1. The zero-order chi connectivity index (χ0) is 20.1. The lowest BCUT2D eigenvalue weighted by molar-refractivity contribution is -0.384. The molecule has 0 saturated carbocycles. The Bertz CT molecular complexity index is 1070. The molecule has 0 spiro atoms. The van der Waals surface area contributed by atoms with Crippen LogP contribution in [-0.2, 0) is 4.79 Å². The van der Waals surface area contributed by atoms with Gasteiger partial charge in [-0.05, 0) is 29.3 Å². The number of amides is 1. The van der Waals surface area contributed by atoms with E-state index < -0.39 is 10.8 Å². The molecular weight excluding hydrogens is 399 g/mol. The van der Waals surface area contributed by atoms with Crippen molar-refractivity contribution in [2.45, 2.75) is 0 Å². The fourth-order valence-corrected chi connectivity index (χ4v) is 2.93. The average Bonchev–Trinajstić information content (AvgIpc) is 2.70. The molecule has 0 radical (unpaired) electrons. The molecule has 28 heavy (non-hydrogen) atoms. The number of benzene rings is 3. The van der Waals surface area contributed by atoms with Crippen molar-refractivity contribution in [3.63, 3.8) is 0 Å². The summed E-state index contributed by atoms with van der Waals surface area (Å²) < 4.78 is 0. The second-order valence-corrected chi connectivity index (χ2v) is 6.62. The van der Waals surface area contributed by atoms with Crippen molar-refractivity contribution >= 4 is 52.1 Å². The summed E-state index contributed by atoms with van der Waals surface area (Å²) in [6.07, 6.45) is 1.59. The van der Waals surface area contributed by atoms with Crippen LogP contribution in [0.2, 0.25) is 10.0 Å². The number of nitro benzene ring substituents is 1. The van der Waals surface area contributed by atoms with Crippen LogP contribution in [0.15, 0.2) is 72.8 Å². The van der Waals surface area contributed by atoms with Gasteiger partial charge in [0.05, 0.1) is 20.7 Å². The van der Waals surface area contributed by atoms with Crippen molar-refractivity contribution in [1.82, 2.24) is 0 Å². The highest BCUT2D eigenvalue weighted by atomic mass is 35.5. The van der Waals surface area contributed by atoms with Crippen LogP contribution in [0.25, 0.3) is 11.6 Å². The third-order valence-corrected chi connectivity index (χ3v) is 4.74. The highest BCUT2D eigenvalue weighted by molar-refractivity contribution is 6.44. The van der Waals surface area contributed by atoms with Crippen molar-refractivity contribution < 1.29 is 9.72 Å². The van der Waals surface area contributed by atoms with E-state index in [4.69, 9.17) is 23.2 Å². The molecule has 0 aromatic heterocycles. The quantitative estimate of drug-likeness (QED) is 0.238. The molecule has 140 valence electrons. The Hall–Kier alpha value is -3.15. The fraction of sp³-hybridized carbons (Fsp3) is 0. The fourth-order valence-electron chi connectivity index (χ4n) is 2.58. The molecule has 0 bridgehead atoms. The van der Waals surface area contributed by atoms with Crippen molar-refractivity contribution in [2.24, 2.45) is 0 Å². The first-order valence-corrected chi connectivity index (χ1v) is 8.98. The van der Waals surface area contributed by atoms with Gasteiger partial charge < -0.3 is 5.32 Å². The molecular formula is C21H14Cl2N2O3. The van der Waals surface area contributed by atoms with Crippen molar-refractivity contribution in [2.75, 3.05) is 5.32 Å². The minimum Gasteiger partial charge on any atom is -0.321 e. The smallest absolute Gasteiger partial charge is 0.270 e. The van der Waals surface area contributed by atoms with Gasteiger partial charge >= 0.3 is 0 Å². The molecule has 3 aromatic carbocycles. The molecule has 1 N–H and O–H groups in total. The van der Waals surface area contributed by atoms with E-state index in [0.717, 1.165) is 0 Å². The van der Waals surface area contributed by atoms with Gasteiger partial charge in [0.1, 0.15) is 0 Å². The van der Waals surface area contributed by atoms with E-state index in [1.807, 2.05) is 6.07 Å². The van der Waals surface area contributed by atoms with E-state index in [9.17, 15) is 14.9 Å². The summed E-state index contributed by atoms with van der Waals surface area (Å²) in [7, 11) is 0. The molecule has 0 saturated heterocycles. The first-order valence-electron chi connectivity index (χ1n) is 8.22. The average molecular weight is 413 g/mol. The predicted octanol–water partition coefficient (Wildman–Crippen LogP) is 6.08. The van der Waals surface area contributed by atoms with Crippen LogP contribution in [0.4, 0.5) is 11.4 Å². The number of carbonyl (C=O) groups is 1. The van der Waals surface area contributed by atoms with Gasteiger partial charge in [-0.25, -0.2) is 0 Å². The van der Waals surface area contributed by atoms with Crippen molar-refractivity contribution in [3.8, 4) is 0 Å². The lowest BCUT2D eigenvalue weighted by Crippen LogP contribution is -2.14. The minimum absolute atomic E-state index is 0.0561. The molecule has 0 unspecified atom stereocenters. The molecule has 5 nitrogen and oxygen atoms in total. The number of nitrogens with zero attached hydrogens (tertiary/aromatic N) is 1. The molecule has 0 aliphatic rings. The SMILES string of the molecule is O=C(Nc1cccc(Cl)c1Cl)/C(=C/c1cccc([N+](=O)[O-])c1)c1ccccc1. The Balaban J connectivity index is 2.02. The Labute approximate surface area is 171 Å². The number of nitro groups is 1. The van der Waals surface area contributed by atoms with Gasteiger partial charge in [0.15, 0.2) is 0 Å². The number of rotatable bonds is 5. The number of carbonyl (C=O) groups excluding carboxylic acids is 1. The molecule has 0 aliphatic heterocycles. The van der Waals surface area contributed by atoms with Crippen LogP contribution >= 0.6 is 23.2 Å². The molecule has 0 heterocycles. The third kappa shape index (κ3) is 4.57. The summed E-state index contributed by atoms with van der Waals surface area (Å²) in [5.41, 5.74) is 1.83. The molecule has 0 aliphatic carbocycles. The second kappa shape index (κ2) is 8.69. The van der Waals surface area contributed by atoms with Gasteiger partial charge in [-0.2, -0.15) is 0 Å². The lowest BCUT2D eigenvalue weighted by Gasteiger charge is -2.11. The van der Waals surface area contributed by atoms with Crippen molar-refractivity contribution in [3.05, 3.63) is 104 Å². The van der Waals surface area contributed by atoms with E-state index in [1.54, 1.807) is 60.7 Å². The van der Waals surface area contributed by atoms with Gasteiger partial charge in [0, 0.05) is 17.7 Å². The highest BCUT2D eigenvalue weighted by Crippen LogP contribution is 2.31. The summed E-state index contributed by atoms with van der Waals surface area (Å²) in [6.45, 7) is 0. The van der Waals surface area contributed by atoms with Crippen molar-refractivity contribution in [1.29, 1.82) is 0 Å². The maximum atomic E-state index is 13.0. The van der Waals surface area contributed by atoms with Gasteiger partial charge in [-0.1, -0.05) is 71.7 Å². The van der Waals surface area contributed by atoms with E-state index in [1.165, 1.54) is 12.1 Å². The third-order valence-electron chi connectivity index (χ3n) is 3.92. The second-order valence-electron chi connectivity index (χ2n) is 5.83. The molecule has 3 aromatic rings. The lowest BCUT2D eigenvalue weighted by atomic mass is 10.0. The zero-order valence-electron chi connectivity index (χ0n) is 14.4. The summed E-state index contributed by atoms with van der Waals surface area (Å²) in [5, 5.41) is 14.3. The molecule has 1 amide bonds. The van der Waals surface area contributed by atoms with Gasteiger partial charge in [0.2, 0.25) is 0 Å². The maximum absolute atomic E-state index is 13.0. The van der Waals surface area contributed by atoms with Crippen LogP contribution in [0, 0.1) is 10.1 Å². The first kappa shape index (κ1) is 19.6. The molecule has 0 atom stereocenters. The maximum Gasteiger partial charge on any atom is 0.270 e. The number of halogens is 2. The monoisotopic (exact) mass is 412 g/mol. The summed E-state index contributed by atoms with van der Waals surface area (Å²) >= 11 is 12.2. The molecule has 3 rings (SSSR count). The minimum atomic E-state index is -0.481. The van der Waals surface area contributed by atoms with E-state index >= 15 is 0 Å². The largest absolute Gasteiger partial charge is 0.321 e. The van der Waals surface area contributed by atoms with E-state index in [2.05, 4.69) is 5.32 Å². The van der Waals surface area contributed by atoms with Crippen LogP contribution in [0.1, 0.15) is 11.1 Å². The van der Waals surface area contributed by atoms with Gasteiger partial charge in [-0.3, -0.25) is 14.9 Å². The number of hydrogen-bond donors (Lipinski definition) is 1. The Morgan fingerprint density at radius 3 is 2.39 bits per heavy atom. The predicted molar refractivity (Wildman–Crippen MR) is 113 cm³/mol. The topological polar surface area (TPSA) is 72.2 Å². The number of hydrogen-bond acceptors (Lipinski definition) is 3. The van der Waals surface area contributed by atoms with Gasteiger partial charge in [0.25, 0.3) is 11.6 Å². The van der Waals surface area contributed by atoms with Gasteiger partial charge in [-0.15, -0.1) is 0 Å². The Morgan fingerprint density at radius 1 is 0.964 bits per heavy atom. The normalized spacial score (nSPS) is 11.1. The van der Waals surface area contributed by atoms with E-state index in [0.29, 0.717) is 27.4 Å². The van der Waals surface area contributed by atoms with Crippen LogP contribution in [0.3, 0.4) is 0 Å². The Kier molecular flexibility index (Phi) is 6.09. The summed E-state index contributed by atoms with van der Waals surface area (Å²) in [6, 6.07) is 20.0. The zero-order valence-corrected chi connectivity index (χ0v) is 15.9. The van der Waals surface area contributed by atoms with Crippen LogP contribution in [0.5, 0.6) is 0 Å². The first-order chi connectivity index (χ1) is 13.5. The number of anilines is 1. The molecule has 7 heteroatoms. The number of non-ortho nitro benzene ring substituents is 1. The standard InChI is InChI=1S/C21H14Cl2N2O3/c22-18-10-5-11-19(20(18)23)24-21(26)17(15-7-2-1-3-8-15)13-14-6-4-9-16(12-14)25(27)28/h1-13H,(H,24,26)/b17-13+. The molecule has 0 fully saturated rings. The highest BCUT2D eigenvalue weighted by Gasteiger charge is 2.15.